The SMILES string of the molecule is CC1CCC(OCc2cc3ccccc3nc2Cl)CC1C. The van der Waals surface area contributed by atoms with Crippen LogP contribution < -0.4 is 0 Å². The van der Waals surface area contributed by atoms with E-state index in [0.29, 0.717) is 17.9 Å². The molecule has 3 atom stereocenters. The summed E-state index contributed by atoms with van der Waals surface area (Å²) in [6.07, 6.45) is 3.93. The summed E-state index contributed by atoms with van der Waals surface area (Å²) in [7, 11) is 0. The largest absolute Gasteiger partial charge is 0.373 e. The lowest BCUT2D eigenvalue weighted by Gasteiger charge is -2.32. The number of benzene rings is 1. The zero-order chi connectivity index (χ0) is 14.8. The van der Waals surface area contributed by atoms with Crippen LogP contribution in [-0.2, 0) is 11.3 Å². The van der Waals surface area contributed by atoms with Crippen molar-refractivity contribution >= 4 is 22.5 Å². The van der Waals surface area contributed by atoms with E-state index in [0.717, 1.165) is 41.1 Å². The third-order valence-corrected chi connectivity index (χ3v) is 5.10. The number of aromatic nitrogens is 1. The Morgan fingerprint density at radius 2 is 2.00 bits per heavy atom. The molecule has 1 saturated carbocycles. The maximum Gasteiger partial charge on any atom is 0.135 e. The Hall–Kier alpha value is -1.12. The highest BCUT2D eigenvalue weighted by Gasteiger charge is 2.25. The molecule has 1 aromatic heterocycles. The molecule has 1 fully saturated rings. The van der Waals surface area contributed by atoms with E-state index in [1.165, 1.54) is 6.42 Å². The highest BCUT2D eigenvalue weighted by Crippen LogP contribution is 2.32. The lowest BCUT2D eigenvalue weighted by Crippen LogP contribution is -2.26. The fraction of sp³-hybridized carbons (Fsp3) is 0.500. The molecule has 1 aliphatic carbocycles. The summed E-state index contributed by atoms with van der Waals surface area (Å²) in [6, 6.07) is 10.1. The van der Waals surface area contributed by atoms with Gasteiger partial charge in [-0.15, -0.1) is 0 Å². The molecule has 0 aliphatic heterocycles. The van der Waals surface area contributed by atoms with Gasteiger partial charge in [0.2, 0.25) is 0 Å². The van der Waals surface area contributed by atoms with Crippen molar-refractivity contribution in [2.45, 2.75) is 45.8 Å². The van der Waals surface area contributed by atoms with Crippen molar-refractivity contribution in [1.82, 2.24) is 4.98 Å². The first-order valence-electron chi connectivity index (χ1n) is 7.79. The van der Waals surface area contributed by atoms with E-state index < -0.39 is 0 Å². The molecule has 2 nitrogen and oxygen atoms in total. The zero-order valence-electron chi connectivity index (χ0n) is 12.7. The topological polar surface area (TPSA) is 22.1 Å². The third kappa shape index (κ3) is 3.38. The quantitative estimate of drug-likeness (QED) is 0.724. The van der Waals surface area contributed by atoms with Crippen LogP contribution in [0.25, 0.3) is 10.9 Å². The van der Waals surface area contributed by atoms with E-state index in [2.05, 4.69) is 31.0 Å². The summed E-state index contributed by atoms with van der Waals surface area (Å²) in [5.74, 6) is 1.56. The number of hydrogen-bond donors (Lipinski definition) is 0. The van der Waals surface area contributed by atoms with Crippen LogP contribution in [0.1, 0.15) is 38.7 Å². The van der Waals surface area contributed by atoms with Gasteiger partial charge in [-0.05, 0) is 43.2 Å². The molecule has 2 aromatic rings. The van der Waals surface area contributed by atoms with Crippen LogP contribution in [0.4, 0.5) is 0 Å². The van der Waals surface area contributed by atoms with Gasteiger partial charge in [0, 0.05) is 10.9 Å². The highest BCUT2D eigenvalue weighted by atomic mass is 35.5. The fourth-order valence-corrected chi connectivity index (χ4v) is 3.29. The van der Waals surface area contributed by atoms with Crippen molar-refractivity contribution in [3.05, 3.63) is 41.0 Å². The summed E-state index contributed by atoms with van der Waals surface area (Å²) in [5, 5.41) is 1.68. The molecular formula is C18H22ClNO. The van der Waals surface area contributed by atoms with Crippen LogP contribution in [0.3, 0.4) is 0 Å². The molecule has 0 radical (unpaired) electrons. The minimum atomic E-state index is 0.360. The Bertz CT molecular complexity index is 628. The summed E-state index contributed by atoms with van der Waals surface area (Å²) in [6.45, 7) is 5.22. The lowest BCUT2D eigenvalue weighted by atomic mass is 9.80. The van der Waals surface area contributed by atoms with Gasteiger partial charge in [0.05, 0.1) is 18.2 Å². The Kier molecular flexibility index (Phi) is 4.46. The first-order valence-corrected chi connectivity index (χ1v) is 8.17. The third-order valence-electron chi connectivity index (χ3n) is 4.77. The average molecular weight is 304 g/mol. The summed E-state index contributed by atoms with van der Waals surface area (Å²) in [4.78, 5) is 4.45. The van der Waals surface area contributed by atoms with Gasteiger partial charge in [0.1, 0.15) is 5.15 Å². The van der Waals surface area contributed by atoms with Crippen molar-refractivity contribution in [1.29, 1.82) is 0 Å². The highest BCUT2D eigenvalue weighted by molar-refractivity contribution is 6.30. The molecule has 3 rings (SSSR count). The average Bonchev–Trinajstić information content (AvgIpc) is 2.48. The van der Waals surface area contributed by atoms with Gasteiger partial charge in [-0.3, -0.25) is 0 Å². The van der Waals surface area contributed by atoms with Gasteiger partial charge in [-0.2, -0.15) is 0 Å². The number of ether oxygens (including phenoxy) is 1. The number of pyridine rings is 1. The molecule has 0 amide bonds. The van der Waals surface area contributed by atoms with Crippen molar-refractivity contribution in [2.24, 2.45) is 11.8 Å². The Morgan fingerprint density at radius 3 is 2.81 bits per heavy atom. The fourth-order valence-electron chi connectivity index (χ4n) is 3.09. The van der Waals surface area contributed by atoms with Gasteiger partial charge in [0.25, 0.3) is 0 Å². The number of fused-ring (bicyclic) bond motifs is 1. The summed E-state index contributed by atoms with van der Waals surface area (Å²) >= 11 is 6.28. The number of hydrogen-bond acceptors (Lipinski definition) is 2. The second-order valence-corrected chi connectivity index (χ2v) is 6.69. The molecule has 0 saturated heterocycles. The molecule has 1 aliphatic rings. The normalized spacial score (nSPS) is 26.1. The molecule has 1 heterocycles. The molecule has 0 bridgehead atoms. The molecule has 112 valence electrons. The predicted octanol–water partition coefficient (Wildman–Crippen LogP) is 5.23. The molecule has 3 heteroatoms. The molecule has 21 heavy (non-hydrogen) atoms. The molecular weight excluding hydrogens is 282 g/mol. The van der Waals surface area contributed by atoms with E-state index in [9.17, 15) is 0 Å². The summed E-state index contributed by atoms with van der Waals surface area (Å²) < 4.78 is 6.09. The van der Waals surface area contributed by atoms with Crippen LogP contribution in [0.15, 0.2) is 30.3 Å². The Morgan fingerprint density at radius 1 is 1.19 bits per heavy atom. The Labute approximate surface area is 131 Å². The van der Waals surface area contributed by atoms with Gasteiger partial charge in [-0.1, -0.05) is 43.6 Å². The minimum absolute atomic E-state index is 0.360. The van der Waals surface area contributed by atoms with Crippen LogP contribution in [0.2, 0.25) is 5.15 Å². The van der Waals surface area contributed by atoms with Crippen LogP contribution >= 0.6 is 11.6 Å². The minimum Gasteiger partial charge on any atom is -0.373 e. The van der Waals surface area contributed by atoms with Crippen LogP contribution in [-0.4, -0.2) is 11.1 Å². The molecule has 0 spiro atoms. The molecule has 1 aromatic carbocycles. The van der Waals surface area contributed by atoms with E-state index in [-0.39, 0.29) is 0 Å². The first-order chi connectivity index (χ1) is 10.1. The molecule has 3 unspecified atom stereocenters. The number of para-hydroxylation sites is 1. The second kappa shape index (κ2) is 6.33. The van der Waals surface area contributed by atoms with E-state index >= 15 is 0 Å². The zero-order valence-corrected chi connectivity index (χ0v) is 13.4. The first kappa shape index (κ1) is 14.8. The smallest absolute Gasteiger partial charge is 0.135 e. The van der Waals surface area contributed by atoms with E-state index in [1.807, 2.05) is 18.2 Å². The van der Waals surface area contributed by atoms with E-state index in [1.54, 1.807) is 0 Å². The van der Waals surface area contributed by atoms with Gasteiger partial charge < -0.3 is 4.74 Å². The van der Waals surface area contributed by atoms with Gasteiger partial charge in [0.15, 0.2) is 0 Å². The van der Waals surface area contributed by atoms with Crippen molar-refractivity contribution in [3.63, 3.8) is 0 Å². The maximum atomic E-state index is 6.28. The number of nitrogens with zero attached hydrogens (tertiary/aromatic N) is 1. The predicted molar refractivity (Wildman–Crippen MR) is 87.5 cm³/mol. The van der Waals surface area contributed by atoms with Crippen molar-refractivity contribution < 1.29 is 4.74 Å². The Balaban J connectivity index is 1.69. The maximum absolute atomic E-state index is 6.28. The monoisotopic (exact) mass is 303 g/mol. The second-order valence-electron chi connectivity index (χ2n) is 6.33. The van der Waals surface area contributed by atoms with Crippen LogP contribution in [0, 0.1) is 11.8 Å². The van der Waals surface area contributed by atoms with Crippen molar-refractivity contribution in [2.75, 3.05) is 0 Å². The van der Waals surface area contributed by atoms with Gasteiger partial charge in [-0.25, -0.2) is 4.98 Å². The molecule has 0 N–H and O–H groups in total. The van der Waals surface area contributed by atoms with Crippen molar-refractivity contribution in [3.8, 4) is 0 Å². The number of halogens is 1. The standard InChI is InChI=1S/C18H22ClNO/c1-12-7-8-16(9-13(12)2)21-11-15-10-14-5-3-4-6-17(14)20-18(15)19/h3-6,10,12-13,16H,7-9,11H2,1-2H3. The van der Waals surface area contributed by atoms with E-state index in [4.69, 9.17) is 16.3 Å². The van der Waals surface area contributed by atoms with Crippen LogP contribution in [0.5, 0.6) is 0 Å². The summed E-state index contributed by atoms with van der Waals surface area (Å²) in [5.41, 5.74) is 1.92. The number of rotatable bonds is 3. The lowest BCUT2D eigenvalue weighted by molar-refractivity contribution is -0.00746. The van der Waals surface area contributed by atoms with Gasteiger partial charge >= 0.3 is 0 Å².